The molecule has 0 amide bonds. The Bertz CT molecular complexity index is 499. The summed E-state index contributed by atoms with van der Waals surface area (Å²) in [7, 11) is 1.93. The lowest BCUT2D eigenvalue weighted by Crippen LogP contribution is -2.32. The van der Waals surface area contributed by atoms with Crippen LogP contribution in [-0.4, -0.2) is 39.4 Å². The molecule has 1 aliphatic heterocycles. The van der Waals surface area contributed by atoms with Gasteiger partial charge >= 0.3 is 0 Å². The van der Waals surface area contributed by atoms with Crippen LogP contribution in [0.25, 0.3) is 11.3 Å². The molecule has 0 atom stereocenters. The second kappa shape index (κ2) is 4.70. The second-order valence-corrected chi connectivity index (χ2v) is 6.08. The molecule has 0 spiro atoms. The highest BCUT2D eigenvalue weighted by atomic mass is 32.2. The summed E-state index contributed by atoms with van der Waals surface area (Å²) in [5, 5.41) is 7.44. The van der Waals surface area contributed by atoms with Gasteiger partial charge in [-0.05, 0) is 0 Å². The molecule has 2 aromatic heterocycles. The molecule has 3 rings (SSSR count). The molecule has 0 N–H and O–H groups in total. The van der Waals surface area contributed by atoms with Gasteiger partial charge in [0.05, 0.1) is 11.9 Å². The highest BCUT2D eigenvalue weighted by Gasteiger charge is 2.15. The van der Waals surface area contributed by atoms with Gasteiger partial charge in [-0.15, -0.1) is 11.3 Å². The summed E-state index contributed by atoms with van der Waals surface area (Å²) in [6.45, 7) is 2.23. The summed E-state index contributed by atoms with van der Waals surface area (Å²) in [6.07, 6.45) is 3.87. The van der Waals surface area contributed by atoms with Gasteiger partial charge in [0.2, 0.25) is 0 Å². The van der Waals surface area contributed by atoms with Gasteiger partial charge in [-0.1, -0.05) is 0 Å². The quantitative estimate of drug-likeness (QED) is 0.833. The molecule has 0 aliphatic carbocycles. The number of thiazole rings is 1. The lowest BCUT2D eigenvalue weighted by atomic mass is 10.3. The minimum absolute atomic E-state index is 1.04. The molecule has 0 radical (unpaired) electrons. The van der Waals surface area contributed by atoms with Crippen molar-refractivity contribution in [2.24, 2.45) is 7.05 Å². The van der Waals surface area contributed by atoms with Gasteiger partial charge in [-0.25, -0.2) is 4.98 Å². The van der Waals surface area contributed by atoms with Crippen LogP contribution in [0.15, 0.2) is 17.8 Å². The number of thioether (sulfide) groups is 1. The molecular formula is C11H14N4S2. The fourth-order valence-electron chi connectivity index (χ4n) is 1.85. The van der Waals surface area contributed by atoms with Crippen LogP contribution in [0.5, 0.6) is 0 Å². The van der Waals surface area contributed by atoms with E-state index in [1.807, 2.05) is 35.9 Å². The van der Waals surface area contributed by atoms with E-state index in [2.05, 4.69) is 15.4 Å². The minimum atomic E-state index is 1.04. The molecule has 2 aromatic rings. The zero-order valence-corrected chi connectivity index (χ0v) is 11.3. The molecule has 3 heterocycles. The Kier molecular flexibility index (Phi) is 3.07. The molecule has 0 bridgehead atoms. The van der Waals surface area contributed by atoms with Crippen molar-refractivity contribution < 1.29 is 0 Å². The van der Waals surface area contributed by atoms with Crippen molar-refractivity contribution in [1.82, 2.24) is 14.8 Å². The van der Waals surface area contributed by atoms with Crippen molar-refractivity contribution in [3.8, 4) is 11.3 Å². The average Bonchev–Trinajstić information content (AvgIpc) is 2.98. The molecule has 0 unspecified atom stereocenters. The first kappa shape index (κ1) is 11.1. The van der Waals surface area contributed by atoms with Crippen LogP contribution < -0.4 is 4.90 Å². The lowest BCUT2D eigenvalue weighted by Gasteiger charge is -2.25. The van der Waals surface area contributed by atoms with E-state index < -0.39 is 0 Å². The summed E-state index contributed by atoms with van der Waals surface area (Å²) < 4.78 is 1.81. The van der Waals surface area contributed by atoms with Crippen LogP contribution >= 0.6 is 23.1 Å². The highest BCUT2D eigenvalue weighted by molar-refractivity contribution is 7.99. The third-order valence-corrected chi connectivity index (χ3v) is 4.62. The standard InChI is InChI=1S/C11H14N4S2/c1-14-7-9(6-12-14)10-8-17-11(13-10)15-2-4-16-5-3-15/h6-8H,2-5H2,1H3. The summed E-state index contributed by atoms with van der Waals surface area (Å²) in [4.78, 5) is 7.08. The van der Waals surface area contributed by atoms with E-state index in [1.54, 1.807) is 11.3 Å². The molecule has 1 fully saturated rings. The average molecular weight is 266 g/mol. The Morgan fingerprint density at radius 3 is 2.82 bits per heavy atom. The predicted molar refractivity (Wildman–Crippen MR) is 73.9 cm³/mol. The van der Waals surface area contributed by atoms with Crippen LogP contribution in [0.1, 0.15) is 0 Å². The third kappa shape index (κ3) is 2.32. The number of aryl methyl sites for hydroxylation is 1. The Morgan fingerprint density at radius 1 is 1.29 bits per heavy atom. The van der Waals surface area contributed by atoms with E-state index in [0.29, 0.717) is 0 Å². The molecule has 17 heavy (non-hydrogen) atoms. The van der Waals surface area contributed by atoms with Gasteiger partial charge in [0.1, 0.15) is 0 Å². The van der Waals surface area contributed by atoms with Crippen LogP contribution in [0.3, 0.4) is 0 Å². The molecule has 1 saturated heterocycles. The fraction of sp³-hybridized carbons (Fsp3) is 0.455. The smallest absolute Gasteiger partial charge is 0.185 e. The van der Waals surface area contributed by atoms with Crippen molar-refractivity contribution in [2.45, 2.75) is 0 Å². The van der Waals surface area contributed by atoms with E-state index in [1.165, 1.54) is 11.5 Å². The zero-order valence-electron chi connectivity index (χ0n) is 9.67. The first-order valence-electron chi connectivity index (χ1n) is 5.60. The second-order valence-electron chi connectivity index (χ2n) is 4.02. The minimum Gasteiger partial charge on any atom is -0.346 e. The van der Waals surface area contributed by atoms with Gasteiger partial charge in [-0.2, -0.15) is 16.9 Å². The fourth-order valence-corrected chi connectivity index (χ4v) is 3.64. The van der Waals surface area contributed by atoms with E-state index >= 15 is 0 Å². The maximum absolute atomic E-state index is 4.70. The van der Waals surface area contributed by atoms with Crippen molar-refractivity contribution >= 4 is 28.2 Å². The first-order chi connectivity index (χ1) is 8.33. The zero-order chi connectivity index (χ0) is 11.7. The third-order valence-electron chi connectivity index (χ3n) is 2.77. The van der Waals surface area contributed by atoms with Gasteiger partial charge in [0, 0.05) is 48.8 Å². The summed E-state index contributed by atoms with van der Waals surface area (Å²) >= 11 is 3.75. The van der Waals surface area contributed by atoms with E-state index in [9.17, 15) is 0 Å². The Morgan fingerprint density at radius 2 is 2.12 bits per heavy atom. The summed E-state index contributed by atoms with van der Waals surface area (Å²) in [5.41, 5.74) is 2.14. The van der Waals surface area contributed by atoms with Crippen molar-refractivity contribution in [1.29, 1.82) is 0 Å². The molecule has 0 saturated carbocycles. The Hall–Kier alpha value is -1.01. The number of aromatic nitrogens is 3. The molecular weight excluding hydrogens is 252 g/mol. The van der Waals surface area contributed by atoms with Crippen molar-refractivity contribution in [3.63, 3.8) is 0 Å². The Labute approximate surface area is 109 Å². The predicted octanol–water partition coefficient (Wildman–Crippen LogP) is 2.10. The topological polar surface area (TPSA) is 34.0 Å². The number of hydrogen-bond acceptors (Lipinski definition) is 5. The van der Waals surface area contributed by atoms with Crippen LogP contribution in [0.2, 0.25) is 0 Å². The summed E-state index contributed by atoms with van der Waals surface area (Å²) in [5.74, 6) is 2.42. The lowest BCUT2D eigenvalue weighted by molar-refractivity contribution is 0.768. The molecule has 90 valence electrons. The SMILES string of the molecule is Cn1cc(-c2csc(N3CCSCC3)n2)cn1. The van der Waals surface area contributed by atoms with Gasteiger partial charge in [-0.3, -0.25) is 4.68 Å². The van der Waals surface area contributed by atoms with Crippen molar-refractivity contribution in [3.05, 3.63) is 17.8 Å². The largest absolute Gasteiger partial charge is 0.346 e. The molecule has 4 nitrogen and oxygen atoms in total. The monoisotopic (exact) mass is 266 g/mol. The van der Waals surface area contributed by atoms with Gasteiger partial charge in [0.25, 0.3) is 0 Å². The number of anilines is 1. The van der Waals surface area contributed by atoms with E-state index in [-0.39, 0.29) is 0 Å². The van der Waals surface area contributed by atoms with Crippen LogP contribution in [0.4, 0.5) is 5.13 Å². The maximum Gasteiger partial charge on any atom is 0.185 e. The number of rotatable bonds is 2. The van der Waals surface area contributed by atoms with Gasteiger partial charge < -0.3 is 4.90 Å². The highest BCUT2D eigenvalue weighted by Crippen LogP contribution is 2.28. The first-order valence-corrected chi connectivity index (χ1v) is 7.63. The number of nitrogens with zero attached hydrogens (tertiary/aromatic N) is 4. The molecule has 1 aliphatic rings. The number of hydrogen-bond donors (Lipinski definition) is 0. The Balaban J connectivity index is 1.82. The maximum atomic E-state index is 4.70. The van der Waals surface area contributed by atoms with E-state index in [4.69, 9.17) is 4.98 Å². The summed E-state index contributed by atoms with van der Waals surface area (Å²) in [6, 6.07) is 0. The van der Waals surface area contributed by atoms with Gasteiger partial charge in [0.15, 0.2) is 5.13 Å². The van der Waals surface area contributed by atoms with Crippen LogP contribution in [0, 0.1) is 0 Å². The van der Waals surface area contributed by atoms with Crippen LogP contribution in [-0.2, 0) is 7.05 Å². The molecule has 0 aromatic carbocycles. The van der Waals surface area contributed by atoms with E-state index in [0.717, 1.165) is 29.5 Å². The molecule has 6 heteroatoms. The normalized spacial score (nSPS) is 16.4. The van der Waals surface area contributed by atoms with Crippen molar-refractivity contribution in [2.75, 3.05) is 29.5 Å².